The van der Waals surface area contributed by atoms with Crippen LogP contribution in [0.15, 0.2) is 41.3 Å². The zero-order valence-corrected chi connectivity index (χ0v) is 16.6. The highest BCUT2D eigenvalue weighted by Crippen LogP contribution is 2.32. The highest BCUT2D eigenvalue weighted by molar-refractivity contribution is 7.91. The second kappa shape index (κ2) is 7.40. The first-order valence-electron chi connectivity index (χ1n) is 9.11. The zero-order valence-electron chi connectivity index (χ0n) is 15.8. The van der Waals surface area contributed by atoms with E-state index in [1.54, 1.807) is 25.2 Å². The number of ether oxygens (including phenoxy) is 2. The number of fused-ring (bicyclic) bond motifs is 2. The molecule has 9 heteroatoms. The predicted octanol–water partition coefficient (Wildman–Crippen LogP) is 1.41. The Bertz CT molecular complexity index is 1100. The van der Waals surface area contributed by atoms with Crippen LogP contribution in [0.1, 0.15) is 17.5 Å². The second-order valence-corrected chi connectivity index (χ2v) is 9.06. The Morgan fingerprint density at radius 2 is 1.93 bits per heavy atom. The summed E-state index contributed by atoms with van der Waals surface area (Å²) in [6, 6.07) is 10.00. The van der Waals surface area contributed by atoms with Gasteiger partial charge in [-0.1, -0.05) is 6.07 Å². The van der Waals surface area contributed by atoms with E-state index in [9.17, 15) is 18.0 Å². The normalized spacial score (nSPS) is 14.8. The van der Waals surface area contributed by atoms with E-state index in [1.165, 1.54) is 17.0 Å². The van der Waals surface area contributed by atoms with Crippen molar-refractivity contribution in [1.29, 1.82) is 0 Å². The number of sulfone groups is 1. The summed E-state index contributed by atoms with van der Waals surface area (Å²) in [5, 5.41) is 2.72. The van der Waals surface area contributed by atoms with Gasteiger partial charge in [0.05, 0.1) is 17.1 Å². The van der Waals surface area contributed by atoms with Crippen molar-refractivity contribution in [2.45, 2.75) is 24.3 Å². The van der Waals surface area contributed by atoms with Gasteiger partial charge in [0, 0.05) is 25.7 Å². The summed E-state index contributed by atoms with van der Waals surface area (Å²) in [5.74, 6) is 0.552. The fourth-order valence-electron chi connectivity index (χ4n) is 3.32. The molecule has 0 aliphatic carbocycles. The maximum Gasteiger partial charge on any atom is 0.231 e. The van der Waals surface area contributed by atoms with Crippen LogP contribution in [0.2, 0.25) is 0 Å². The number of likely N-dealkylation sites (N-methyl/N-ethyl adjacent to an activating group) is 1. The summed E-state index contributed by atoms with van der Waals surface area (Å²) >= 11 is 0. The zero-order chi connectivity index (χ0) is 20.6. The second-order valence-electron chi connectivity index (χ2n) is 6.95. The summed E-state index contributed by atoms with van der Waals surface area (Å²) in [7, 11) is -1.97. The fraction of sp³-hybridized carbons (Fsp3) is 0.300. The molecule has 0 atom stereocenters. The third-order valence-corrected chi connectivity index (χ3v) is 6.73. The van der Waals surface area contributed by atoms with Crippen molar-refractivity contribution in [1.82, 2.24) is 5.32 Å². The number of hydrogen-bond donors (Lipinski definition) is 1. The molecule has 2 amide bonds. The highest BCUT2D eigenvalue weighted by atomic mass is 32.2. The van der Waals surface area contributed by atoms with E-state index in [4.69, 9.17) is 9.47 Å². The van der Waals surface area contributed by atoms with Crippen molar-refractivity contribution in [2.75, 3.05) is 24.5 Å². The molecule has 1 N–H and O–H groups in total. The minimum atomic E-state index is -3.63. The molecule has 2 aromatic carbocycles. The maximum absolute atomic E-state index is 12.6. The van der Waals surface area contributed by atoms with Gasteiger partial charge in [-0.25, -0.2) is 8.42 Å². The van der Waals surface area contributed by atoms with E-state index in [-0.39, 0.29) is 48.6 Å². The first kappa shape index (κ1) is 19.3. The van der Waals surface area contributed by atoms with E-state index in [2.05, 4.69) is 5.32 Å². The van der Waals surface area contributed by atoms with Gasteiger partial charge < -0.3 is 19.7 Å². The summed E-state index contributed by atoms with van der Waals surface area (Å²) in [6.45, 7) is 0.443. The molecule has 0 aromatic heterocycles. The molecule has 2 aromatic rings. The van der Waals surface area contributed by atoms with Crippen LogP contribution in [0.3, 0.4) is 0 Å². The van der Waals surface area contributed by atoms with Crippen LogP contribution in [0, 0.1) is 0 Å². The average molecular weight is 416 g/mol. The molecule has 2 heterocycles. The van der Waals surface area contributed by atoms with E-state index in [1.807, 2.05) is 6.07 Å². The minimum Gasteiger partial charge on any atom is -0.454 e. The largest absolute Gasteiger partial charge is 0.454 e. The van der Waals surface area contributed by atoms with Gasteiger partial charge in [0.15, 0.2) is 21.3 Å². The SMILES string of the molecule is CN1C(=O)Cc2cc(S(=O)(=O)CCC(=O)NCc3ccc4c(c3)OCO4)ccc21. The number of nitrogens with one attached hydrogen (secondary N) is 1. The number of anilines is 1. The van der Waals surface area contributed by atoms with Crippen molar-refractivity contribution in [3.63, 3.8) is 0 Å². The van der Waals surface area contributed by atoms with Crippen molar-refractivity contribution < 1.29 is 27.5 Å². The summed E-state index contributed by atoms with van der Waals surface area (Å²) in [5.41, 5.74) is 2.24. The molecular formula is C20H20N2O6S. The first-order valence-corrected chi connectivity index (χ1v) is 10.8. The maximum atomic E-state index is 12.6. The van der Waals surface area contributed by atoms with Crippen LogP contribution >= 0.6 is 0 Å². The van der Waals surface area contributed by atoms with E-state index < -0.39 is 9.84 Å². The third kappa shape index (κ3) is 3.91. The lowest BCUT2D eigenvalue weighted by atomic mass is 10.2. The van der Waals surface area contributed by atoms with Gasteiger partial charge in [-0.05, 0) is 41.5 Å². The van der Waals surface area contributed by atoms with E-state index in [0.717, 1.165) is 11.3 Å². The Morgan fingerprint density at radius 3 is 2.76 bits per heavy atom. The lowest BCUT2D eigenvalue weighted by Crippen LogP contribution is -2.25. The number of rotatable bonds is 6. The molecule has 152 valence electrons. The van der Waals surface area contributed by atoms with Crippen LogP contribution in [-0.4, -0.2) is 39.8 Å². The summed E-state index contributed by atoms with van der Waals surface area (Å²) in [4.78, 5) is 25.5. The minimum absolute atomic E-state index is 0.0718. The van der Waals surface area contributed by atoms with Crippen LogP contribution < -0.4 is 19.7 Å². The molecule has 0 spiro atoms. The molecule has 0 saturated heterocycles. The van der Waals surface area contributed by atoms with Crippen molar-refractivity contribution in [2.24, 2.45) is 0 Å². The summed E-state index contributed by atoms with van der Waals surface area (Å²) in [6.07, 6.45) is 0.0357. The van der Waals surface area contributed by atoms with Gasteiger partial charge in [0.25, 0.3) is 0 Å². The molecule has 0 radical (unpaired) electrons. The molecule has 2 aliphatic rings. The number of amides is 2. The molecular weight excluding hydrogens is 396 g/mol. The highest BCUT2D eigenvalue weighted by Gasteiger charge is 2.26. The number of hydrogen-bond acceptors (Lipinski definition) is 6. The standard InChI is InChI=1S/C20H20N2O6S/c1-22-16-4-3-15(9-14(16)10-20(22)24)29(25,26)7-6-19(23)21-11-13-2-5-17-18(8-13)28-12-27-17/h2-5,8-9H,6-7,10-12H2,1H3,(H,21,23). The number of nitrogens with zero attached hydrogens (tertiary/aromatic N) is 1. The lowest BCUT2D eigenvalue weighted by molar-refractivity contribution is -0.121. The van der Waals surface area contributed by atoms with Gasteiger partial charge in [-0.15, -0.1) is 0 Å². The van der Waals surface area contributed by atoms with E-state index in [0.29, 0.717) is 17.1 Å². The number of carbonyl (C=O) groups is 2. The van der Waals surface area contributed by atoms with Gasteiger partial charge in [-0.3, -0.25) is 9.59 Å². The van der Waals surface area contributed by atoms with Crippen molar-refractivity contribution >= 4 is 27.3 Å². The molecule has 2 aliphatic heterocycles. The molecule has 4 rings (SSSR count). The lowest BCUT2D eigenvalue weighted by Gasteiger charge is -2.11. The van der Waals surface area contributed by atoms with Crippen LogP contribution in [0.25, 0.3) is 0 Å². The summed E-state index contributed by atoms with van der Waals surface area (Å²) < 4.78 is 35.7. The van der Waals surface area contributed by atoms with Crippen LogP contribution in [0.5, 0.6) is 11.5 Å². The molecule has 0 unspecified atom stereocenters. The Balaban J connectivity index is 1.34. The Hall–Kier alpha value is -3.07. The van der Waals surface area contributed by atoms with E-state index >= 15 is 0 Å². The van der Waals surface area contributed by atoms with Crippen molar-refractivity contribution in [3.8, 4) is 11.5 Å². The molecule has 29 heavy (non-hydrogen) atoms. The molecule has 0 fully saturated rings. The average Bonchev–Trinajstić information content (AvgIpc) is 3.28. The number of benzene rings is 2. The first-order chi connectivity index (χ1) is 13.8. The predicted molar refractivity (Wildman–Crippen MR) is 105 cm³/mol. The number of carbonyl (C=O) groups excluding carboxylic acids is 2. The van der Waals surface area contributed by atoms with Gasteiger partial charge in [-0.2, -0.15) is 0 Å². The van der Waals surface area contributed by atoms with Crippen LogP contribution in [-0.2, 0) is 32.4 Å². The van der Waals surface area contributed by atoms with Crippen molar-refractivity contribution in [3.05, 3.63) is 47.5 Å². The van der Waals surface area contributed by atoms with Gasteiger partial charge in [0.1, 0.15) is 0 Å². The topological polar surface area (TPSA) is 102 Å². The quantitative estimate of drug-likeness (QED) is 0.764. The Labute approximate surface area is 168 Å². The molecule has 0 saturated carbocycles. The molecule has 8 nitrogen and oxygen atoms in total. The fourth-order valence-corrected chi connectivity index (χ4v) is 4.61. The Morgan fingerprint density at radius 1 is 1.14 bits per heavy atom. The smallest absolute Gasteiger partial charge is 0.231 e. The van der Waals surface area contributed by atoms with Gasteiger partial charge in [0.2, 0.25) is 18.6 Å². The van der Waals surface area contributed by atoms with Crippen LogP contribution in [0.4, 0.5) is 5.69 Å². The Kier molecular flexibility index (Phi) is 4.91. The van der Waals surface area contributed by atoms with Gasteiger partial charge >= 0.3 is 0 Å². The third-order valence-electron chi connectivity index (χ3n) is 5.01. The molecule has 0 bridgehead atoms. The monoisotopic (exact) mass is 416 g/mol.